The highest BCUT2D eigenvalue weighted by Gasteiger charge is 2.28. The Kier molecular flexibility index (Phi) is 5.32. The van der Waals surface area contributed by atoms with Crippen LogP contribution in [0, 0.1) is 11.8 Å². The van der Waals surface area contributed by atoms with E-state index in [-0.39, 0.29) is 30.2 Å². The molecule has 108 valence electrons. The molecule has 1 aliphatic rings. The van der Waals surface area contributed by atoms with Crippen molar-refractivity contribution < 1.29 is 19.5 Å². The van der Waals surface area contributed by atoms with E-state index >= 15 is 0 Å². The Morgan fingerprint density at radius 2 is 1.79 bits per heavy atom. The molecule has 6 heteroatoms. The quantitative estimate of drug-likeness (QED) is 0.803. The lowest BCUT2D eigenvalue weighted by Crippen LogP contribution is -2.46. The molecule has 1 aliphatic heterocycles. The van der Waals surface area contributed by atoms with Gasteiger partial charge in [-0.2, -0.15) is 0 Å². The maximum atomic E-state index is 12.0. The van der Waals surface area contributed by atoms with Crippen LogP contribution in [0.25, 0.3) is 0 Å². The molecular formula is C13H22N2O4. The summed E-state index contributed by atoms with van der Waals surface area (Å²) >= 11 is 0. The highest BCUT2D eigenvalue weighted by atomic mass is 16.4. The SMILES string of the molecule is CC(C)C(=O)N(C)CC(=O)N1CCC(C(=O)O)CC1. The Morgan fingerprint density at radius 3 is 2.21 bits per heavy atom. The van der Waals surface area contributed by atoms with Gasteiger partial charge in [0.05, 0.1) is 12.5 Å². The van der Waals surface area contributed by atoms with Crippen LogP contribution in [0.15, 0.2) is 0 Å². The summed E-state index contributed by atoms with van der Waals surface area (Å²) in [4.78, 5) is 37.6. The average molecular weight is 270 g/mol. The minimum absolute atomic E-state index is 0.0613. The molecule has 6 nitrogen and oxygen atoms in total. The monoisotopic (exact) mass is 270 g/mol. The lowest BCUT2D eigenvalue weighted by molar-refractivity contribution is -0.146. The number of amides is 2. The fourth-order valence-corrected chi connectivity index (χ4v) is 2.20. The third kappa shape index (κ3) is 4.22. The lowest BCUT2D eigenvalue weighted by atomic mass is 9.97. The van der Waals surface area contributed by atoms with E-state index in [1.165, 1.54) is 4.90 Å². The Balaban J connectivity index is 2.43. The predicted octanol–water partition coefficient (Wildman–Crippen LogP) is 0.424. The number of carbonyl (C=O) groups is 3. The molecule has 1 heterocycles. The van der Waals surface area contributed by atoms with Crippen molar-refractivity contribution in [2.24, 2.45) is 11.8 Å². The minimum atomic E-state index is -0.792. The summed E-state index contributed by atoms with van der Waals surface area (Å²) in [5, 5.41) is 8.89. The highest BCUT2D eigenvalue weighted by molar-refractivity contribution is 5.85. The van der Waals surface area contributed by atoms with E-state index in [0.717, 1.165) is 0 Å². The minimum Gasteiger partial charge on any atom is -0.481 e. The van der Waals surface area contributed by atoms with Crippen LogP contribution in [0.3, 0.4) is 0 Å². The Bertz CT molecular complexity index is 360. The van der Waals surface area contributed by atoms with E-state index in [2.05, 4.69) is 0 Å². The summed E-state index contributed by atoms with van der Waals surface area (Å²) in [5.74, 6) is -1.44. The molecule has 2 amide bonds. The van der Waals surface area contributed by atoms with Crippen molar-refractivity contribution >= 4 is 17.8 Å². The smallest absolute Gasteiger partial charge is 0.306 e. The average Bonchev–Trinajstić information content (AvgIpc) is 2.37. The van der Waals surface area contributed by atoms with Crippen molar-refractivity contribution in [3.8, 4) is 0 Å². The molecule has 0 aliphatic carbocycles. The molecule has 0 spiro atoms. The Labute approximate surface area is 113 Å². The van der Waals surface area contributed by atoms with Gasteiger partial charge in [-0.05, 0) is 12.8 Å². The van der Waals surface area contributed by atoms with Crippen molar-refractivity contribution in [2.45, 2.75) is 26.7 Å². The van der Waals surface area contributed by atoms with E-state index in [4.69, 9.17) is 5.11 Å². The van der Waals surface area contributed by atoms with Crippen LogP contribution < -0.4 is 0 Å². The van der Waals surface area contributed by atoms with Crippen LogP contribution in [0.2, 0.25) is 0 Å². The van der Waals surface area contributed by atoms with Gasteiger partial charge >= 0.3 is 5.97 Å². The molecule has 0 aromatic heterocycles. The molecule has 1 fully saturated rings. The first kappa shape index (κ1) is 15.5. The van der Waals surface area contributed by atoms with Gasteiger partial charge in [-0.3, -0.25) is 14.4 Å². The molecular weight excluding hydrogens is 248 g/mol. The first-order valence-corrected chi connectivity index (χ1v) is 6.58. The van der Waals surface area contributed by atoms with E-state index < -0.39 is 5.97 Å². The first-order valence-electron chi connectivity index (χ1n) is 6.58. The van der Waals surface area contributed by atoms with Crippen molar-refractivity contribution in [3.63, 3.8) is 0 Å². The van der Waals surface area contributed by atoms with Gasteiger partial charge in [-0.1, -0.05) is 13.8 Å². The van der Waals surface area contributed by atoms with Crippen LogP contribution in [-0.4, -0.2) is 59.4 Å². The largest absolute Gasteiger partial charge is 0.481 e. The number of hydrogen-bond acceptors (Lipinski definition) is 3. The normalized spacial score (nSPS) is 16.5. The van der Waals surface area contributed by atoms with Gasteiger partial charge in [0.15, 0.2) is 0 Å². The van der Waals surface area contributed by atoms with Crippen molar-refractivity contribution in [1.82, 2.24) is 9.80 Å². The summed E-state index contributed by atoms with van der Waals surface area (Å²) in [7, 11) is 1.62. The van der Waals surface area contributed by atoms with Crippen LogP contribution in [0.1, 0.15) is 26.7 Å². The molecule has 0 saturated carbocycles. The van der Waals surface area contributed by atoms with Crippen LogP contribution in [0.4, 0.5) is 0 Å². The summed E-state index contributed by atoms with van der Waals surface area (Å²) in [6.07, 6.45) is 0.978. The van der Waals surface area contributed by atoms with Crippen molar-refractivity contribution in [2.75, 3.05) is 26.7 Å². The number of likely N-dealkylation sites (N-methyl/N-ethyl adjacent to an activating group) is 1. The maximum Gasteiger partial charge on any atom is 0.306 e. The number of aliphatic carboxylic acids is 1. The maximum absolute atomic E-state index is 12.0. The van der Waals surface area contributed by atoms with Gasteiger partial charge in [0.25, 0.3) is 0 Å². The molecule has 0 aromatic carbocycles. The number of rotatable bonds is 4. The Hall–Kier alpha value is -1.59. The zero-order valence-corrected chi connectivity index (χ0v) is 11.8. The zero-order chi connectivity index (χ0) is 14.6. The standard InChI is InChI=1S/C13H22N2O4/c1-9(2)12(17)14(3)8-11(16)15-6-4-10(5-7-15)13(18)19/h9-10H,4-8H2,1-3H3,(H,18,19). The van der Waals surface area contributed by atoms with Gasteiger partial charge in [-0.15, -0.1) is 0 Å². The van der Waals surface area contributed by atoms with E-state index in [9.17, 15) is 14.4 Å². The van der Waals surface area contributed by atoms with Crippen LogP contribution >= 0.6 is 0 Å². The summed E-state index contributed by atoms with van der Waals surface area (Å²) in [6, 6.07) is 0. The molecule has 19 heavy (non-hydrogen) atoms. The molecule has 0 aromatic rings. The first-order chi connectivity index (χ1) is 8.82. The molecule has 0 atom stereocenters. The summed E-state index contributed by atoms with van der Waals surface area (Å²) in [6.45, 7) is 4.57. The topological polar surface area (TPSA) is 77.9 Å². The highest BCUT2D eigenvalue weighted by Crippen LogP contribution is 2.17. The molecule has 1 rings (SSSR count). The number of carboxylic acid groups (broad SMARTS) is 1. The van der Waals surface area contributed by atoms with Crippen LogP contribution in [-0.2, 0) is 14.4 Å². The molecule has 1 N–H and O–H groups in total. The number of nitrogens with zero attached hydrogens (tertiary/aromatic N) is 2. The number of hydrogen-bond donors (Lipinski definition) is 1. The Morgan fingerprint density at radius 1 is 1.26 bits per heavy atom. The lowest BCUT2D eigenvalue weighted by Gasteiger charge is -2.31. The van der Waals surface area contributed by atoms with Gasteiger partial charge < -0.3 is 14.9 Å². The van der Waals surface area contributed by atoms with Gasteiger partial charge in [0.2, 0.25) is 11.8 Å². The fraction of sp³-hybridized carbons (Fsp3) is 0.769. The van der Waals surface area contributed by atoms with Crippen molar-refractivity contribution in [3.05, 3.63) is 0 Å². The third-order valence-corrected chi connectivity index (χ3v) is 3.44. The second kappa shape index (κ2) is 6.54. The number of likely N-dealkylation sites (tertiary alicyclic amines) is 1. The van der Waals surface area contributed by atoms with Crippen LogP contribution in [0.5, 0.6) is 0 Å². The second-order valence-corrected chi connectivity index (χ2v) is 5.34. The third-order valence-electron chi connectivity index (χ3n) is 3.44. The summed E-state index contributed by atoms with van der Waals surface area (Å²) in [5.41, 5.74) is 0. The van der Waals surface area contributed by atoms with E-state index in [1.807, 2.05) is 0 Å². The number of carbonyl (C=O) groups excluding carboxylic acids is 2. The zero-order valence-electron chi connectivity index (χ0n) is 11.8. The summed E-state index contributed by atoms with van der Waals surface area (Å²) < 4.78 is 0. The van der Waals surface area contributed by atoms with Gasteiger partial charge in [0.1, 0.15) is 0 Å². The molecule has 0 bridgehead atoms. The molecule has 0 unspecified atom stereocenters. The van der Waals surface area contributed by atoms with E-state index in [0.29, 0.717) is 25.9 Å². The number of carboxylic acids is 1. The molecule has 0 radical (unpaired) electrons. The number of piperidine rings is 1. The van der Waals surface area contributed by atoms with Crippen molar-refractivity contribution in [1.29, 1.82) is 0 Å². The fourth-order valence-electron chi connectivity index (χ4n) is 2.20. The van der Waals surface area contributed by atoms with E-state index in [1.54, 1.807) is 25.8 Å². The second-order valence-electron chi connectivity index (χ2n) is 5.34. The molecule has 1 saturated heterocycles. The predicted molar refractivity (Wildman–Crippen MR) is 69.4 cm³/mol. The van der Waals surface area contributed by atoms with Gasteiger partial charge in [-0.25, -0.2) is 0 Å². The van der Waals surface area contributed by atoms with Gasteiger partial charge in [0, 0.05) is 26.1 Å².